The van der Waals surface area contributed by atoms with E-state index in [0.29, 0.717) is 25.9 Å². The quantitative estimate of drug-likeness (QED) is 0.898. The molecule has 0 aliphatic carbocycles. The number of likely N-dealkylation sites (tertiary alicyclic amines) is 1. The van der Waals surface area contributed by atoms with Crippen LogP contribution in [0.25, 0.3) is 0 Å². The normalized spacial score (nSPS) is 17.8. The van der Waals surface area contributed by atoms with Crippen LogP contribution in [0.1, 0.15) is 19.3 Å². The highest BCUT2D eigenvalue weighted by Gasteiger charge is 2.27. The SMILES string of the molecule is O=C(O)CCC1CCN(C(=O)Nc2c(F)cccc2F)C1. The van der Waals surface area contributed by atoms with Crippen molar-refractivity contribution >= 4 is 17.7 Å². The number of para-hydroxylation sites is 1. The Morgan fingerprint density at radius 1 is 1.33 bits per heavy atom. The van der Waals surface area contributed by atoms with Crippen molar-refractivity contribution in [1.29, 1.82) is 0 Å². The van der Waals surface area contributed by atoms with E-state index in [4.69, 9.17) is 5.11 Å². The molecule has 0 spiro atoms. The molecule has 1 unspecified atom stereocenters. The number of aliphatic carboxylic acids is 1. The Balaban J connectivity index is 1.91. The smallest absolute Gasteiger partial charge is 0.322 e. The van der Waals surface area contributed by atoms with Crippen LogP contribution in [-0.2, 0) is 4.79 Å². The molecule has 1 heterocycles. The number of nitrogens with one attached hydrogen (secondary N) is 1. The molecule has 0 saturated carbocycles. The number of anilines is 1. The third-order valence-corrected chi connectivity index (χ3v) is 3.53. The van der Waals surface area contributed by atoms with Gasteiger partial charge in [-0.25, -0.2) is 13.6 Å². The van der Waals surface area contributed by atoms with E-state index in [9.17, 15) is 18.4 Å². The zero-order valence-electron chi connectivity index (χ0n) is 11.3. The van der Waals surface area contributed by atoms with Gasteiger partial charge in [-0.1, -0.05) is 6.07 Å². The topological polar surface area (TPSA) is 69.6 Å². The van der Waals surface area contributed by atoms with Crippen molar-refractivity contribution in [1.82, 2.24) is 4.90 Å². The second-order valence-corrected chi connectivity index (χ2v) is 5.06. The fourth-order valence-electron chi connectivity index (χ4n) is 2.38. The summed E-state index contributed by atoms with van der Waals surface area (Å²) in [5.41, 5.74) is -0.462. The first kappa shape index (κ1) is 15.2. The van der Waals surface area contributed by atoms with E-state index in [1.54, 1.807) is 0 Å². The fourth-order valence-corrected chi connectivity index (χ4v) is 2.38. The lowest BCUT2D eigenvalue weighted by molar-refractivity contribution is -0.137. The lowest BCUT2D eigenvalue weighted by Crippen LogP contribution is -2.33. The van der Waals surface area contributed by atoms with E-state index in [0.717, 1.165) is 12.1 Å². The fraction of sp³-hybridized carbons (Fsp3) is 0.429. The van der Waals surface area contributed by atoms with Crippen LogP contribution in [0.15, 0.2) is 18.2 Å². The molecule has 2 N–H and O–H groups in total. The zero-order chi connectivity index (χ0) is 15.4. The number of carbonyl (C=O) groups is 2. The minimum absolute atomic E-state index is 0.0576. The number of carboxylic acids is 1. The summed E-state index contributed by atoms with van der Waals surface area (Å²) in [7, 11) is 0. The molecule has 7 heteroatoms. The van der Waals surface area contributed by atoms with Crippen LogP contribution in [0.4, 0.5) is 19.3 Å². The number of rotatable bonds is 4. The Labute approximate surface area is 120 Å². The molecule has 1 saturated heterocycles. The average Bonchev–Trinajstić information content (AvgIpc) is 2.89. The van der Waals surface area contributed by atoms with Crippen LogP contribution in [0, 0.1) is 17.6 Å². The van der Waals surface area contributed by atoms with Gasteiger partial charge in [0.05, 0.1) is 0 Å². The van der Waals surface area contributed by atoms with E-state index in [-0.39, 0.29) is 12.3 Å². The molecule has 2 rings (SSSR count). The highest BCUT2D eigenvalue weighted by Crippen LogP contribution is 2.23. The van der Waals surface area contributed by atoms with Crippen LogP contribution in [0.3, 0.4) is 0 Å². The minimum atomic E-state index is -0.869. The van der Waals surface area contributed by atoms with E-state index in [1.165, 1.54) is 11.0 Å². The van der Waals surface area contributed by atoms with Crippen LogP contribution in [0.2, 0.25) is 0 Å². The number of hydrogen-bond acceptors (Lipinski definition) is 2. The number of carbonyl (C=O) groups excluding carboxylic acids is 1. The molecule has 1 aromatic carbocycles. The van der Waals surface area contributed by atoms with Gasteiger partial charge in [0.15, 0.2) is 0 Å². The molecule has 1 aliphatic rings. The number of nitrogens with zero attached hydrogens (tertiary/aromatic N) is 1. The molecule has 0 aromatic heterocycles. The van der Waals surface area contributed by atoms with Crippen LogP contribution < -0.4 is 5.32 Å². The van der Waals surface area contributed by atoms with E-state index in [2.05, 4.69) is 5.32 Å². The van der Waals surface area contributed by atoms with Crippen molar-refractivity contribution in [2.45, 2.75) is 19.3 Å². The van der Waals surface area contributed by atoms with Gasteiger partial charge in [0.1, 0.15) is 17.3 Å². The molecule has 1 atom stereocenters. The standard InChI is InChI=1S/C14H16F2N2O3/c15-10-2-1-3-11(16)13(10)17-14(21)18-7-6-9(8-18)4-5-12(19)20/h1-3,9H,4-8H2,(H,17,21)(H,19,20). The number of benzene rings is 1. The Kier molecular flexibility index (Phi) is 4.72. The Morgan fingerprint density at radius 2 is 2.00 bits per heavy atom. The summed E-state index contributed by atoms with van der Waals surface area (Å²) in [6, 6.07) is 2.78. The maximum absolute atomic E-state index is 13.4. The maximum Gasteiger partial charge on any atom is 0.322 e. The summed E-state index contributed by atoms with van der Waals surface area (Å²) in [4.78, 5) is 23.9. The minimum Gasteiger partial charge on any atom is -0.481 e. The molecule has 5 nitrogen and oxygen atoms in total. The number of halogens is 2. The third kappa shape index (κ3) is 3.90. The molecule has 1 fully saturated rings. The highest BCUT2D eigenvalue weighted by molar-refractivity contribution is 5.89. The highest BCUT2D eigenvalue weighted by atomic mass is 19.1. The van der Waals surface area contributed by atoms with Crippen LogP contribution in [-0.4, -0.2) is 35.1 Å². The van der Waals surface area contributed by atoms with Gasteiger partial charge in [-0.05, 0) is 30.9 Å². The van der Waals surface area contributed by atoms with Gasteiger partial charge in [0.25, 0.3) is 0 Å². The second-order valence-electron chi connectivity index (χ2n) is 5.06. The average molecular weight is 298 g/mol. The van der Waals surface area contributed by atoms with E-state index in [1.807, 2.05) is 0 Å². The third-order valence-electron chi connectivity index (χ3n) is 3.53. The molecule has 21 heavy (non-hydrogen) atoms. The van der Waals surface area contributed by atoms with Gasteiger partial charge in [-0.3, -0.25) is 4.79 Å². The van der Waals surface area contributed by atoms with Crippen molar-refractivity contribution in [3.05, 3.63) is 29.8 Å². The summed E-state index contributed by atoms with van der Waals surface area (Å²) < 4.78 is 26.9. The second kappa shape index (κ2) is 6.51. The number of urea groups is 1. The lowest BCUT2D eigenvalue weighted by atomic mass is 10.0. The van der Waals surface area contributed by atoms with Gasteiger partial charge >= 0.3 is 12.0 Å². The summed E-state index contributed by atoms with van der Waals surface area (Å²) in [5, 5.41) is 10.9. The monoisotopic (exact) mass is 298 g/mol. The van der Waals surface area contributed by atoms with Crippen molar-refractivity contribution in [2.24, 2.45) is 5.92 Å². The van der Waals surface area contributed by atoms with Gasteiger partial charge in [-0.2, -0.15) is 0 Å². The zero-order valence-corrected chi connectivity index (χ0v) is 11.3. The molecule has 0 radical (unpaired) electrons. The summed E-state index contributed by atoms with van der Waals surface area (Å²) in [5.74, 6) is -2.42. The van der Waals surface area contributed by atoms with Crippen LogP contribution in [0.5, 0.6) is 0 Å². The summed E-state index contributed by atoms with van der Waals surface area (Å²) in [6.45, 7) is 0.849. The first-order valence-electron chi connectivity index (χ1n) is 6.69. The number of hydrogen-bond donors (Lipinski definition) is 2. The molecule has 1 aliphatic heterocycles. The van der Waals surface area contributed by atoms with E-state index >= 15 is 0 Å². The maximum atomic E-state index is 13.4. The number of carboxylic acid groups (broad SMARTS) is 1. The van der Waals surface area contributed by atoms with Crippen molar-refractivity contribution in [3.8, 4) is 0 Å². The van der Waals surface area contributed by atoms with Crippen molar-refractivity contribution in [3.63, 3.8) is 0 Å². The molecular weight excluding hydrogens is 282 g/mol. The Bertz CT molecular complexity index is 531. The largest absolute Gasteiger partial charge is 0.481 e. The molecule has 114 valence electrons. The predicted molar refractivity (Wildman–Crippen MR) is 71.9 cm³/mol. The first-order valence-corrected chi connectivity index (χ1v) is 6.69. The number of amides is 2. The molecular formula is C14H16F2N2O3. The molecule has 1 aromatic rings. The summed E-state index contributed by atoms with van der Waals surface area (Å²) >= 11 is 0. The van der Waals surface area contributed by atoms with Crippen molar-refractivity contribution in [2.75, 3.05) is 18.4 Å². The predicted octanol–water partition coefficient (Wildman–Crippen LogP) is 2.68. The Hall–Kier alpha value is -2.18. The van der Waals surface area contributed by atoms with Gasteiger partial charge < -0.3 is 15.3 Å². The van der Waals surface area contributed by atoms with Gasteiger partial charge in [0, 0.05) is 19.5 Å². The van der Waals surface area contributed by atoms with Crippen LogP contribution >= 0.6 is 0 Å². The first-order chi connectivity index (χ1) is 9.97. The van der Waals surface area contributed by atoms with Gasteiger partial charge in [0.2, 0.25) is 0 Å². The summed E-state index contributed by atoms with van der Waals surface area (Å²) in [6.07, 6.45) is 1.25. The molecule has 2 amide bonds. The van der Waals surface area contributed by atoms with Crippen molar-refractivity contribution < 1.29 is 23.5 Å². The van der Waals surface area contributed by atoms with E-state index < -0.39 is 29.3 Å². The Morgan fingerprint density at radius 3 is 2.62 bits per heavy atom. The molecule has 0 bridgehead atoms. The van der Waals surface area contributed by atoms with Gasteiger partial charge in [-0.15, -0.1) is 0 Å². The lowest BCUT2D eigenvalue weighted by Gasteiger charge is -2.17.